The van der Waals surface area contributed by atoms with E-state index in [2.05, 4.69) is 30.3 Å². The number of fused-ring (bicyclic) bond motifs is 2. The third-order valence-electron chi connectivity index (χ3n) is 7.02. The second-order valence-corrected chi connectivity index (χ2v) is 9.10. The van der Waals surface area contributed by atoms with Crippen LogP contribution >= 0.6 is 0 Å². The highest BCUT2D eigenvalue weighted by Gasteiger charge is 2.47. The van der Waals surface area contributed by atoms with Crippen LogP contribution in [0.1, 0.15) is 38.6 Å². The average molecular weight is 440 g/mol. The monoisotopic (exact) mass is 440 g/mol. The van der Waals surface area contributed by atoms with Crippen molar-refractivity contribution >= 4 is 28.5 Å². The summed E-state index contributed by atoms with van der Waals surface area (Å²) >= 11 is 0. The van der Waals surface area contributed by atoms with Crippen LogP contribution in [0.4, 0.5) is 0 Å². The third-order valence-corrected chi connectivity index (χ3v) is 7.02. The standard InChI is InChI=1S/C27H24N2O4/c30-25(24-14-23(24)19-10-9-17-5-1-2-6-18(17)13-19)28-11-12-33-20(15-28)16-29-26(31)21-7-3-4-8-22(21)27(29)32/h1-10,13,20,23-24H,11-12,14-16H2. The van der Waals surface area contributed by atoms with Gasteiger partial charge in [0.05, 0.1) is 30.4 Å². The molecule has 3 aliphatic rings. The van der Waals surface area contributed by atoms with Crippen LogP contribution in [0.2, 0.25) is 0 Å². The fourth-order valence-corrected chi connectivity index (χ4v) is 5.15. The molecule has 1 saturated carbocycles. The summed E-state index contributed by atoms with van der Waals surface area (Å²) in [6.45, 7) is 1.51. The molecule has 3 aromatic carbocycles. The minimum absolute atomic E-state index is 0.00998. The summed E-state index contributed by atoms with van der Waals surface area (Å²) in [5.74, 6) is -0.199. The Balaban J connectivity index is 1.11. The molecule has 3 amide bonds. The number of rotatable bonds is 4. The lowest BCUT2D eigenvalue weighted by molar-refractivity contribution is -0.140. The predicted octanol–water partition coefficient (Wildman–Crippen LogP) is 3.47. The summed E-state index contributed by atoms with van der Waals surface area (Å²) in [6, 6.07) is 21.6. The van der Waals surface area contributed by atoms with Crippen LogP contribution in [-0.4, -0.2) is 59.9 Å². The van der Waals surface area contributed by atoms with Gasteiger partial charge in [0.15, 0.2) is 0 Å². The molecule has 1 aliphatic carbocycles. The Morgan fingerprint density at radius 2 is 1.61 bits per heavy atom. The maximum Gasteiger partial charge on any atom is 0.261 e. The van der Waals surface area contributed by atoms with Gasteiger partial charge >= 0.3 is 0 Å². The van der Waals surface area contributed by atoms with Gasteiger partial charge in [0.25, 0.3) is 11.8 Å². The number of hydrogen-bond donors (Lipinski definition) is 0. The quantitative estimate of drug-likeness (QED) is 0.583. The molecule has 3 atom stereocenters. The van der Waals surface area contributed by atoms with E-state index in [1.165, 1.54) is 21.2 Å². The van der Waals surface area contributed by atoms with Crippen molar-refractivity contribution in [3.05, 3.63) is 83.4 Å². The number of ether oxygens (including phenoxy) is 1. The smallest absolute Gasteiger partial charge is 0.261 e. The molecule has 2 fully saturated rings. The molecule has 3 aromatic rings. The van der Waals surface area contributed by atoms with Crippen LogP contribution in [0, 0.1) is 5.92 Å². The maximum absolute atomic E-state index is 13.2. The fraction of sp³-hybridized carbons (Fsp3) is 0.296. The molecule has 0 radical (unpaired) electrons. The first-order valence-corrected chi connectivity index (χ1v) is 11.4. The van der Waals surface area contributed by atoms with E-state index in [0.29, 0.717) is 30.8 Å². The van der Waals surface area contributed by atoms with E-state index in [9.17, 15) is 14.4 Å². The van der Waals surface area contributed by atoms with E-state index in [-0.39, 0.29) is 42.2 Å². The number of benzene rings is 3. The molecule has 0 N–H and O–H groups in total. The molecule has 0 aromatic heterocycles. The van der Waals surface area contributed by atoms with Crippen molar-refractivity contribution in [2.75, 3.05) is 26.2 Å². The number of carbonyl (C=O) groups excluding carboxylic acids is 3. The van der Waals surface area contributed by atoms with Crippen molar-refractivity contribution in [3.8, 4) is 0 Å². The van der Waals surface area contributed by atoms with Crippen molar-refractivity contribution in [1.82, 2.24) is 9.80 Å². The van der Waals surface area contributed by atoms with Gasteiger partial charge in [-0.3, -0.25) is 19.3 Å². The Morgan fingerprint density at radius 3 is 2.36 bits per heavy atom. The van der Waals surface area contributed by atoms with Gasteiger partial charge in [-0.1, -0.05) is 54.6 Å². The number of amides is 3. The largest absolute Gasteiger partial charge is 0.373 e. The first kappa shape index (κ1) is 20.1. The fourth-order valence-electron chi connectivity index (χ4n) is 5.15. The van der Waals surface area contributed by atoms with E-state index >= 15 is 0 Å². The Kier molecular flexibility index (Phi) is 4.76. The second-order valence-electron chi connectivity index (χ2n) is 9.10. The van der Waals surface area contributed by atoms with E-state index in [1.807, 2.05) is 17.0 Å². The van der Waals surface area contributed by atoms with Gasteiger partial charge in [-0.05, 0) is 40.8 Å². The van der Waals surface area contributed by atoms with Gasteiger partial charge < -0.3 is 9.64 Å². The topological polar surface area (TPSA) is 66.9 Å². The Bertz CT molecular complexity index is 1250. The molecule has 6 rings (SSSR count). The molecule has 0 spiro atoms. The number of hydrogen-bond acceptors (Lipinski definition) is 4. The molecule has 0 bridgehead atoms. The second kappa shape index (κ2) is 7.81. The molecular formula is C27H24N2O4. The van der Waals surface area contributed by atoms with Gasteiger partial charge in [-0.2, -0.15) is 0 Å². The minimum Gasteiger partial charge on any atom is -0.373 e. The SMILES string of the molecule is O=C(C1CC1c1ccc2ccccc2c1)N1CCOC(CN2C(=O)c3ccccc3C2=O)C1. The lowest BCUT2D eigenvalue weighted by Gasteiger charge is -2.34. The molecule has 33 heavy (non-hydrogen) atoms. The summed E-state index contributed by atoms with van der Waals surface area (Å²) in [7, 11) is 0. The zero-order valence-electron chi connectivity index (χ0n) is 18.1. The molecule has 3 unspecified atom stereocenters. The summed E-state index contributed by atoms with van der Waals surface area (Å²) in [5, 5.41) is 2.40. The van der Waals surface area contributed by atoms with Crippen molar-refractivity contribution in [2.24, 2.45) is 5.92 Å². The summed E-state index contributed by atoms with van der Waals surface area (Å²) in [6.07, 6.45) is 0.486. The van der Waals surface area contributed by atoms with E-state index in [1.54, 1.807) is 24.3 Å². The van der Waals surface area contributed by atoms with Crippen molar-refractivity contribution in [3.63, 3.8) is 0 Å². The number of carbonyl (C=O) groups is 3. The van der Waals surface area contributed by atoms with Crippen molar-refractivity contribution in [1.29, 1.82) is 0 Å². The lowest BCUT2D eigenvalue weighted by atomic mass is 10.0. The molecular weight excluding hydrogens is 416 g/mol. The average Bonchev–Trinajstić information content (AvgIpc) is 3.63. The van der Waals surface area contributed by atoms with Gasteiger partial charge in [0, 0.05) is 19.0 Å². The van der Waals surface area contributed by atoms with Crippen molar-refractivity contribution in [2.45, 2.75) is 18.4 Å². The van der Waals surface area contributed by atoms with Gasteiger partial charge in [-0.15, -0.1) is 0 Å². The van der Waals surface area contributed by atoms with E-state index < -0.39 is 0 Å². The highest BCUT2D eigenvalue weighted by molar-refractivity contribution is 6.21. The number of imide groups is 1. The van der Waals surface area contributed by atoms with E-state index in [4.69, 9.17) is 4.74 Å². The highest BCUT2D eigenvalue weighted by atomic mass is 16.5. The molecule has 2 heterocycles. The predicted molar refractivity (Wildman–Crippen MR) is 123 cm³/mol. The van der Waals surface area contributed by atoms with Crippen molar-refractivity contribution < 1.29 is 19.1 Å². The maximum atomic E-state index is 13.2. The van der Waals surface area contributed by atoms with Crippen LogP contribution in [-0.2, 0) is 9.53 Å². The highest BCUT2D eigenvalue weighted by Crippen LogP contribution is 2.49. The number of nitrogens with zero attached hydrogens (tertiary/aromatic N) is 2. The lowest BCUT2D eigenvalue weighted by Crippen LogP contribution is -2.51. The van der Waals surface area contributed by atoms with Crippen LogP contribution in [0.15, 0.2) is 66.7 Å². The molecule has 1 saturated heterocycles. The normalized spacial score (nSPS) is 24.3. The van der Waals surface area contributed by atoms with Gasteiger partial charge in [0.1, 0.15) is 0 Å². The summed E-state index contributed by atoms with van der Waals surface area (Å²) in [5.41, 5.74) is 2.08. The molecule has 6 heteroatoms. The molecule has 6 nitrogen and oxygen atoms in total. The summed E-state index contributed by atoms with van der Waals surface area (Å²) < 4.78 is 5.84. The first-order valence-electron chi connectivity index (χ1n) is 11.4. The van der Waals surface area contributed by atoms with Crippen LogP contribution in [0.3, 0.4) is 0 Å². The van der Waals surface area contributed by atoms with Crippen LogP contribution < -0.4 is 0 Å². The Hall–Kier alpha value is -3.51. The summed E-state index contributed by atoms with van der Waals surface area (Å²) in [4.78, 5) is 41.7. The van der Waals surface area contributed by atoms with E-state index in [0.717, 1.165) is 6.42 Å². The third kappa shape index (κ3) is 3.51. The zero-order valence-corrected chi connectivity index (χ0v) is 18.1. The molecule has 166 valence electrons. The zero-order chi connectivity index (χ0) is 22.5. The minimum atomic E-state index is -0.372. The Morgan fingerprint density at radius 1 is 0.909 bits per heavy atom. The molecule has 2 aliphatic heterocycles. The van der Waals surface area contributed by atoms with Crippen LogP contribution in [0.25, 0.3) is 10.8 Å². The van der Waals surface area contributed by atoms with Crippen LogP contribution in [0.5, 0.6) is 0 Å². The number of morpholine rings is 1. The van der Waals surface area contributed by atoms with Gasteiger partial charge in [-0.25, -0.2) is 0 Å². The Labute approximate surface area is 191 Å². The van der Waals surface area contributed by atoms with Gasteiger partial charge in [0.2, 0.25) is 5.91 Å². The first-order chi connectivity index (χ1) is 16.1.